The van der Waals surface area contributed by atoms with Gasteiger partial charge in [0.25, 0.3) is 0 Å². The van der Waals surface area contributed by atoms with E-state index in [-0.39, 0.29) is 11.8 Å². The lowest BCUT2D eigenvalue weighted by Crippen LogP contribution is -2.22. The summed E-state index contributed by atoms with van der Waals surface area (Å²) in [7, 11) is 0. The number of aldehydes is 1. The first-order valence-corrected chi connectivity index (χ1v) is 10.4. The van der Waals surface area contributed by atoms with Gasteiger partial charge in [-0.15, -0.1) is 0 Å². The zero-order valence-corrected chi connectivity index (χ0v) is 16.9. The first-order chi connectivity index (χ1) is 13.6. The van der Waals surface area contributed by atoms with E-state index in [1.165, 1.54) is 11.1 Å². The second-order valence-electron chi connectivity index (χ2n) is 7.75. The molecule has 3 rings (SSSR count). The molecular weight excluding hydrogens is 352 g/mol. The number of hydrogen-bond acceptors (Lipinski definition) is 3. The van der Waals surface area contributed by atoms with Crippen LogP contribution in [0.4, 0.5) is 0 Å². The second kappa shape index (κ2) is 9.18. The number of carboxylic acids is 1. The predicted octanol–water partition coefficient (Wildman–Crippen LogP) is 5.05. The molecule has 1 fully saturated rings. The number of aryl methyl sites for hydroxylation is 1. The molecule has 1 aromatic heterocycles. The molecule has 0 aromatic carbocycles. The highest BCUT2D eigenvalue weighted by molar-refractivity contribution is 5.75. The molecule has 0 amide bonds. The van der Waals surface area contributed by atoms with E-state index in [4.69, 9.17) is 0 Å². The van der Waals surface area contributed by atoms with Crippen molar-refractivity contribution in [3.8, 4) is 0 Å². The number of aliphatic carboxylic acids is 1. The van der Waals surface area contributed by atoms with Crippen LogP contribution >= 0.6 is 0 Å². The van der Waals surface area contributed by atoms with Crippen LogP contribution in [-0.4, -0.2) is 26.9 Å². The number of allylic oxidation sites excluding steroid dienone is 6. The van der Waals surface area contributed by atoms with Gasteiger partial charge in [0, 0.05) is 12.7 Å². The summed E-state index contributed by atoms with van der Waals surface area (Å²) in [5.74, 6) is -0.0946. The monoisotopic (exact) mass is 382 g/mol. The summed E-state index contributed by atoms with van der Waals surface area (Å²) < 4.78 is 2.09. The number of aromatic nitrogens is 2. The zero-order chi connectivity index (χ0) is 20.1. The molecule has 150 valence electrons. The van der Waals surface area contributed by atoms with Crippen molar-refractivity contribution in [3.63, 3.8) is 0 Å². The van der Waals surface area contributed by atoms with Crippen LogP contribution in [0.3, 0.4) is 0 Å². The van der Waals surface area contributed by atoms with E-state index >= 15 is 0 Å². The second-order valence-corrected chi connectivity index (χ2v) is 7.75. The molecule has 1 saturated carbocycles. The van der Waals surface area contributed by atoms with Gasteiger partial charge in [-0.1, -0.05) is 44.9 Å². The van der Waals surface area contributed by atoms with Gasteiger partial charge in [0.1, 0.15) is 11.5 Å². The lowest BCUT2D eigenvalue weighted by molar-refractivity contribution is -0.143. The Balaban J connectivity index is 1.90. The zero-order valence-electron chi connectivity index (χ0n) is 16.9. The van der Waals surface area contributed by atoms with Crippen molar-refractivity contribution in [1.29, 1.82) is 0 Å². The number of nitrogens with zero attached hydrogens (tertiary/aromatic N) is 2. The molecule has 2 unspecified atom stereocenters. The molecule has 2 aliphatic rings. The number of imidazole rings is 1. The SMILES string of the molecule is CCCCCn1cc(C=O)nc1C1=CC=C2C(=CC1)CCC2C(CC)C(=O)O. The molecule has 1 aromatic rings. The van der Waals surface area contributed by atoms with Crippen LogP contribution in [0.15, 0.2) is 35.6 Å². The Morgan fingerprint density at radius 2 is 2.14 bits per heavy atom. The van der Waals surface area contributed by atoms with Crippen molar-refractivity contribution in [3.05, 3.63) is 47.1 Å². The van der Waals surface area contributed by atoms with Gasteiger partial charge in [-0.3, -0.25) is 9.59 Å². The van der Waals surface area contributed by atoms with Gasteiger partial charge in [0.2, 0.25) is 0 Å². The van der Waals surface area contributed by atoms with Gasteiger partial charge in [0.05, 0.1) is 5.92 Å². The Kier molecular flexibility index (Phi) is 6.65. The molecule has 2 aliphatic carbocycles. The maximum absolute atomic E-state index is 11.7. The topological polar surface area (TPSA) is 72.2 Å². The number of fused-ring (bicyclic) bond motifs is 1. The fraction of sp³-hybridized carbons (Fsp3) is 0.522. The van der Waals surface area contributed by atoms with E-state index in [2.05, 4.69) is 34.7 Å². The molecule has 1 heterocycles. The third-order valence-corrected chi connectivity index (χ3v) is 5.98. The first-order valence-electron chi connectivity index (χ1n) is 10.4. The van der Waals surface area contributed by atoms with E-state index in [0.717, 1.165) is 62.8 Å². The molecule has 0 aliphatic heterocycles. The number of rotatable bonds is 9. The summed E-state index contributed by atoms with van der Waals surface area (Å²) in [4.78, 5) is 27.5. The van der Waals surface area contributed by atoms with Crippen LogP contribution in [0, 0.1) is 11.8 Å². The highest BCUT2D eigenvalue weighted by atomic mass is 16.4. The van der Waals surface area contributed by atoms with Gasteiger partial charge in [-0.2, -0.15) is 0 Å². The Bertz CT molecular complexity index is 829. The number of carbonyl (C=O) groups excluding carboxylic acids is 1. The van der Waals surface area contributed by atoms with Crippen molar-refractivity contribution in [2.45, 2.75) is 65.3 Å². The summed E-state index contributed by atoms with van der Waals surface area (Å²) in [5, 5.41) is 9.58. The third-order valence-electron chi connectivity index (χ3n) is 5.98. The van der Waals surface area contributed by atoms with E-state index in [9.17, 15) is 14.7 Å². The van der Waals surface area contributed by atoms with Gasteiger partial charge in [-0.05, 0) is 54.7 Å². The van der Waals surface area contributed by atoms with Crippen LogP contribution in [0.1, 0.15) is 75.1 Å². The molecule has 5 heteroatoms. The maximum Gasteiger partial charge on any atom is 0.307 e. The number of carboxylic acid groups (broad SMARTS) is 1. The quantitative estimate of drug-likeness (QED) is 0.479. The summed E-state index contributed by atoms with van der Waals surface area (Å²) in [6, 6.07) is 0. The molecule has 28 heavy (non-hydrogen) atoms. The summed E-state index contributed by atoms with van der Waals surface area (Å²) in [5.41, 5.74) is 3.99. The van der Waals surface area contributed by atoms with Crippen molar-refractivity contribution in [2.24, 2.45) is 11.8 Å². The first kappa shape index (κ1) is 20.3. The molecule has 0 spiro atoms. The Hall–Kier alpha value is -2.43. The minimum absolute atomic E-state index is 0.0826. The minimum Gasteiger partial charge on any atom is -0.481 e. The average Bonchev–Trinajstić information content (AvgIpc) is 3.21. The fourth-order valence-electron chi connectivity index (χ4n) is 4.46. The van der Waals surface area contributed by atoms with Crippen molar-refractivity contribution >= 4 is 17.8 Å². The molecule has 0 radical (unpaired) electrons. The number of carbonyl (C=O) groups is 2. The molecule has 2 atom stereocenters. The Morgan fingerprint density at radius 3 is 2.82 bits per heavy atom. The van der Waals surface area contributed by atoms with E-state index in [0.29, 0.717) is 12.1 Å². The average molecular weight is 383 g/mol. The van der Waals surface area contributed by atoms with Crippen LogP contribution in [0.2, 0.25) is 0 Å². The van der Waals surface area contributed by atoms with E-state index in [1.807, 2.05) is 13.1 Å². The Morgan fingerprint density at radius 1 is 1.32 bits per heavy atom. The summed E-state index contributed by atoms with van der Waals surface area (Å²) in [6.07, 6.45) is 15.7. The highest BCUT2D eigenvalue weighted by Crippen LogP contribution is 2.43. The molecule has 0 saturated heterocycles. The summed E-state index contributed by atoms with van der Waals surface area (Å²) >= 11 is 0. The third kappa shape index (κ3) is 4.18. The van der Waals surface area contributed by atoms with Crippen molar-refractivity contribution < 1.29 is 14.7 Å². The van der Waals surface area contributed by atoms with Gasteiger partial charge in [0.15, 0.2) is 6.29 Å². The fourth-order valence-corrected chi connectivity index (χ4v) is 4.46. The molecule has 0 bridgehead atoms. The highest BCUT2D eigenvalue weighted by Gasteiger charge is 2.35. The van der Waals surface area contributed by atoms with Gasteiger partial charge < -0.3 is 9.67 Å². The van der Waals surface area contributed by atoms with Gasteiger partial charge >= 0.3 is 5.97 Å². The lowest BCUT2D eigenvalue weighted by Gasteiger charge is -2.19. The summed E-state index contributed by atoms with van der Waals surface area (Å²) in [6.45, 7) is 4.98. The molecular formula is C23H30N2O3. The number of unbranched alkanes of at least 4 members (excludes halogenated alkanes) is 2. The normalized spacial score (nSPS) is 19.9. The van der Waals surface area contributed by atoms with Crippen molar-refractivity contribution in [2.75, 3.05) is 0 Å². The predicted molar refractivity (Wildman–Crippen MR) is 110 cm³/mol. The lowest BCUT2D eigenvalue weighted by atomic mass is 9.85. The minimum atomic E-state index is -0.704. The van der Waals surface area contributed by atoms with Crippen LogP contribution < -0.4 is 0 Å². The van der Waals surface area contributed by atoms with Gasteiger partial charge in [-0.25, -0.2) is 4.98 Å². The van der Waals surface area contributed by atoms with Crippen LogP contribution in [-0.2, 0) is 11.3 Å². The smallest absolute Gasteiger partial charge is 0.307 e. The van der Waals surface area contributed by atoms with E-state index < -0.39 is 5.97 Å². The van der Waals surface area contributed by atoms with Crippen LogP contribution in [0.5, 0.6) is 0 Å². The molecule has 5 nitrogen and oxygen atoms in total. The standard InChI is InChI=1S/C23H30N2O3/c1-3-5-6-13-25-14-18(15-26)24-22(25)17-8-7-16-9-12-21(20(16)11-10-17)19(4-2)23(27)28/h7,10-11,14-15,19,21H,3-6,8-9,12-13H2,1-2H3,(H,27,28). The van der Waals surface area contributed by atoms with E-state index in [1.54, 1.807) is 0 Å². The van der Waals surface area contributed by atoms with Crippen LogP contribution in [0.25, 0.3) is 5.57 Å². The van der Waals surface area contributed by atoms with Crippen molar-refractivity contribution in [1.82, 2.24) is 9.55 Å². The largest absolute Gasteiger partial charge is 0.481 e. The maximum atomic E-state index is 11.7. The molecule has 1 N–H and O–H groups in total. The number of hydrogen-bond donors (Lipinski definition) is 1. The Labute approximate surface area is 166 Å².